The molecule has 3 aromatic rings. The second-order valence-corrected chi connectivity index (χ2v) is 9.32. The predicted molar refractivity (Wildman–Crippen MR) is 117 cm³/mol. The summed E-state index contributed by atoms with van der Waals surface area (Å²) in [5.74, 6) is -1.35. The summed E-state index contributed by atoms with van der Waals surface area (Å²) in [5, 5.41) is 5.33. The van der Waals surface area contributed by atoms with Crippen molar-refractivity contribution in [3.63, 3.8) is 0 Å². The number of alkyl halides is 3. The number of fused-ring (bicyclic) bond motifs is 1. The van der Waals surface area contributed by atoms with Gasteiger partial charge in [-0.05, 0) is 35.9 Å². The summed E-state index contributed by atoms with van der Waals surface area (Å²) in [4.78, 5) is 28.6. The highest BCUT2D eigenvalue weighted by Gasteiger charge is 2.26. The van der Waals surface area contributed by atoms with E-state index in [9.17, 15) is 27.2 Å². The van der Waals surface area contributed by atoms with Crippen LogP contribution < -0.4 is 10.6 Å². The normalized spacial score (nSPS) is 12.5. The molecule has 2 amide bonds. The lowest BCUT2D eigenvalue weighted by molar-refractivity contribution is -0.129. The number of amides is 2. The van der Waals surface area contributed by atoms with E-state index in [-0.39, 0.29) is 18.1 Å². The average molecular weight is 486 g/mol. The monoisotopic (exact) mass is 485 g/mol. The molecule has 0 saturated heterocycles. The van der Waals surface area contributed by atoms with E-state index >= 15 is 0 Å². The lowest BCUT2D eigenvalue weighted by Gasteiger charge is -2.18. The van der Waals surface area contributed by atoms with Crippen molar-refractivity contribution < 1.29 is 27.2 Å². The molecule has 0 fully saturated rings. The van der Waals surface area contributed by atoms with Gasteiger partial charge in [0.05, 0.1) is 16.6 Å². The van der Waals surface area contributed by atoms with Crippen LogP contribution in [0.5, 0.6) is 0 Å². The van der Waals surface area contributed by atoms with Gasteiger partial charge in [-0.1, -0.05) is 23.9 Å². The first kappa shape index (κ1) is 24.0. The van der Waals surface area contributed by atoms with E-state index in [2.05, 4.69) is 15.6 Å². The maximum absolute atomic E-state index is 13.1. The number of thiazole rings is 1. The number of benzene rings is 2. The highest BCUT2D eigenvalue weighted by molar-refractivity contribution is 8.01. The zero-order valence-electron chi connectivity index (χ0n) is 16.8. The molecule has 2 N–H and O–H groups in total. The molecule has 32 heavy (non-hydrogen) atoms. The Balaban J connectivity index is 1.68. The summed E-state index contributed by atoms with van der Waals surface area (Å²) in [6.07, 6.45) is -4.93. The molecule has 2 aromatic carbocycles. The minimum absolute atomic E-state index is 0.116. The summed E-state index contributed by atoms with van der Waals surface area (Å²) in [5.41, 5.74) is 1.76. The zero-order valence-corrected chi connectivity index (χ0v) is 18.5. The van der Waals surface area contributed by atoms with E-state index in [1.807, 2.05) is 0 Å². The number of carbonyl (C=O) groups excluding carboxylic acids is 2. The minimum Gasteiger partial charge on any atom is -0.344 e. The molecule has 1 heterocycles. The number of nitrogens with one attached hydrogen (secondary N) is 2. The van der Waals surface area contributed by atoms with Gasteiger partial charge in [-0.15, -0.1) is 11.3 Å². The number of halogens is 4. The fraction of sp³-hybridized carbons (Fsp3) is 0.286. The highest BCUT2D eigenvalue weighted by atomic mass is 32.2. The van der Waals surface area contributed by atoms with Crippen LogP contribution in [0.3, 0.4) is 0 Å². The van der Waals surface area contributed by atoms with Crippen molar-refractivity contribution in [1.29, 1.82) is 0 Å². The standard InChI is InChI=1S/C21H19F4N3O2S2/c1-12(29)26-17(10-13-2-4-14(22)5-3-13)19(30)27-15-6-7-16-18(11-15)32-20(28-16)31-9-8-21(23,24)25/h2-7,11,17H,8-10H2,1H3,(H,26,29)(H,27,30). The van der Waals surface area contributed by atoms with Gasteiger partial charge in [-0.2, -0.15) is 13.2 Å². The SMILES string of the molecule is CC(=O)NC(Cc1ccc(F)cc1)C(=O)Nc1ccc2nc(SCCC(F)(F)F)sc2c1. The first-order valence-electron chi connectivity index (χ1n) is 9.51. The van der Waals surface area contributed by atoms with E-state index in [0.717, 1.165) is 11.8 Å². The summed E-state index contributed by atoms with van der Waals surface area (Å²) in [7, 11) is 0. The van der Waals surface area contributed by atoms with Crippen LogP contribution in [-0.2, 0) is 16.0 Å². The Morgan fingerprint density at radius 3 is 2.53 bits per heavy atom. The summed E-state index contributed by atoms with van der Waals surface area (Å²) in [6.45, 7) is 1.30. The van der Waals surface area contributed by atoms with Gasteiger partial charge >= 0.3 is 6.18 Å². The summed E-state index contributed by atoms with van der Waals surface area (Å²) < 4.78 is 51.3. The Morgan fingerprint density at radius 2 is 1.88 bits per heavy atom. The first-order chi connectivity index (χ1) is 15.1. The van der Waals surface area contributed by atoms with Gasteiger partial charge in [0.2, 0.25) is 11.8 Å². The first-order valence-corrected chi connectivity index (χ1v) is 11.3. The number of nitrogens with zero attached hydrogens (tertiary/aromatic N) is 1. The second-order valence-electron chi connectivity index (χ2n) is 6.95. The molecule has 1 atom stereocenters. The van der Waals surface area contributed by atoms with Crippen molar-refractivity contribution in [3.05, 3.63) is 53.8 Å². The third kappa shape index (κ3) is 7.20. The minimum atomic E-state index is -4.21. The van der Waals surface area contributed by atoms with Crippen molar-refractivity contribution >= 4 is 50.8 Å². The lowest BCUT2D eigenvalue weighted by Crippen LogP contribution is -2.44. The number of thioether (sulfide) groups is 1. The van der Waals surface area contributed by atoms with Crippen LogP contribution in [0.15, 0.2) is 46.8 Å². The largest absolute Gasteiger partial charge is 0.389 e. The van der Waals surface area contributed by atoms with Crippen LogP contribution in [-0.4, -0.2) is 34.8 Å². The fourth-order valence-electron chi connectivity index (χ4n) is 2.84. The number of aromatic nitrogens is 1. The Hall–Kier alpha value is -2.66. The molecule has 3 rings (SSSR count). The zero-order chi connectivity index (χ0) is 23.3. The van der Waals surface area contributed by atoms with Crippen LogP contribution in [0.2, 0.25) is 0 Å². The maximum atomic E-state index is 13.1. The van der Waals surface area contributed by atoms with E-state index in [1.54, 1.807) is 30.3 Å². The van der Waals surface area contributed by atoms with Gasteiger partial charge in [0, 0.05) is 24.8 Å². The van der Waals surface area contributed by atoms with Crippen LogP contribution in [0, 0.1) is 5.82 Å². The molecule has 0 saturated carbocycles. The van der Waals surface area contributed by atoms with Gasteiger partial charge in [0.1, 0.15) is 11.9 Å². The van der Waals surface area contributed by atoms with E-state index in [4.69, 9.17) is 0 Å². The number of anilines is 1. The molecular formula is C21H19F4N3O2S2. The number of carbonyl (C=O) groups is 2. The van der Waals surface area contributed by atoms with Crippen molar-refractivity contribution in [3.8, 4) is 0 Å². The number of rotatable bonds is 8. The van der Waals surface area contributed by atoms with Crippen LogP contribution in [0.25, 0.3) is 10.2 Å². The van der Waals surface area contributed by atoms with Crippen molar-refractivity contribution in [2.75, 3.05) is 11.1 Å². The molecule has 0 bridgehead atoms. The van der Waals surface area contributed by atoms with E-state index in [1.165, 1.54) is 30.4 Å². The van der Waals surface area contributed by atoms with Crippen LogP contribution in [0.4, 0.5) is 23.2 Å². The molecule has 5 nitrogen and oxygen atoms in total. The van der Waals surface area contributed by atoms with Crippen molar-refractivity contribution in [2.24, 2.45) is 0 Å². The number of hydrogen-bond donors (Lipinski definition) is 2. The average Bonchev–Trinajstić information content (AvgIpc) is 3.09. The molecule has 11 heteroatoms. The van der Waals surface area contributed by atoms with Crippen molar-refractivity contribution in [1.82, 2.24) is 10.3 Å². The molecule has 0 aliphatic heterocycles. The second kappa shape index (κ2) is 10.3. The van der Waals surface area contributed by atoms with Crippen molar-refractivity contribution in [2.45, 2.75) is 36.3 Å². The molecule has 0 aliphatic rings. The Morgan fingerprint density at radius 1 is 1.16 bits per heavy atom. The fourth-order valence-corrected chi connectivity index (χ4v) is 5.00. The van der Waals surface area contributed by atoms with Gasteiger partial charge < -0.3 is 10.6 Å². The third-order valence-corrected chi connectivity index (χ3v) is 6.46. The molecule has 0 spiro atoms. The Labute approximate surface area is 189 Å². The molecular weight excluding hydrogens is 466 g/mol. The summed E-state index contributed by atoms with van der Waals surface area (Å²) in [6, 6.07) is 9.75. The van der Waals surface area contributed by atoms with Gasteiger partial charge in [-0.3, -0.25) is 9.59 Å². The van der Waals surface area contributed by atoms with E-state index in [0.29, 0.717) is 25.8 Å². The maximum Gasteiger partial charge on any atom is 0.389 e. The quantitative estimate of drug-likeness (QED) is 0.341. The molecule has 1 aromatic heterocycles. The number of hydrogen-bond acceptors (Lipinski definition) is 5. The van der Waals surface area contributed by atoms with Crippen LogP contribution >= 0.6 is 23.1 Å². The Kier molecular flexibility index (Phi) is 7.73. The molecule has 0 radical (unpaired) electrons. The smallest absolute Gasteiger partial charge is 0.344 e. The van der Waals surface area contributed by atoms with Crippen LogP contribution in [0.1, 0.15) is 18.9 Å². The molecule has 0 aliphatic carbocycles. The van der Waals surface area contributed by atoms with Gasteiger partial charge in [-0.25, -0.2) is 9.37 Å². The topological polar surface area (TPSA) is 71.1 Å². The van der Waals surface area contributed by atoms with Gasteiger partial charge in [0.15, 0.2) is 4.34 Å². The molecule has 170 valence electrons. The highest BCUT2D eigenvalue weighted by Crippen LogP contribution is 2.33. The van der Waals surface area contributed by atoms with Gasteiger partial charge in [0.25, 0.3) is 0 Å². The molecule has 1 unspecified atom stereocenters. The predicted octanol–water partition coefficient (Wildman–Crippen LogP) is 5.17. The Bertz CT molecular complexity index is 1100. The lowest BCUT2D eigenvalue weighted by atomic mass is 10.0. The summed E-state index contributed by atoms with van der Waals surface area (Å²) >= 11 is 2.27. The van der Waals surface area contributed by atoms with E-state index < -0.39 is 30.4 Å². The third-order valence-electron chi connectivity index (χ3n) is 4.29.